The zero-order chi connectivity index (χ0) is 22.3. The Morgan fingerprint density at radius 3 is 2.74 bits per heavy atom. The second-order valence-corrected chi connectivity index (χ2v) is 8.17. The number of carbonyl (C=O) groups excluding carboxylic acids is 2. The molecule has 0 bridgehead atoms. The van der Waals surface area contributed by atoms with Crippen molar-refractivity contribution in [3.05, 3.63) is 47.0 Å². The molecule has 0 saturated carbocycles. The van der Waals surface area contributed by atoms with Crippen molar-refractivity contribution in [2.24, 2.45) is 5.92 Å². The molecule has 2 aromatic carbocycles. The van der Waals surface area contributed by atoms with E-state index in [1.54, 1.807) is 43.3 Å². The first-order valence-corrected chi connectivity index (χ1v) is 10.3. The van der Waals surface area contributed by atoms with Crippen molar-refractivity contribution in [1.29, 1.82) is 0 Å². The summed E-state index contributed by atoms with van der Waals surface area (Å²) in [4.78, 5) is 26.7. The highest BCUT2D eigenvalue weighted by molar-refractivity contribution is 6.35. The predicted octanol–water partition coefficient (Wildman–Crippen LogP) is 2.50. The molecule has 2 heterocycles. The molecular weight excluding hydrogens is 422 g/mol. The van der Waals surface area contributed by atoms with Gasteiger partial charge in [0.1, 0.15) is 17.0 Å². The number of aliphatic hydroxyl groups is 1. The third-order valence-electron chi connectivity index (χ3n) is 6.02. The largest absolute Gasteiger partial charge is 0.497 e. The minimum Gasteiger partial charge on any atom is -0.497 e. The summed E-state index contributed by atoms with van der Waals surface area (Å²) in [5.41, 5.74) is 0.140. The summed E-state index contributed by atoms with van der Waals surface area (Å²) in [7, 11) is 3.03. The minimum atomic E-state index is -1.35. The third kappa shape index (κ3) is 3.40. The van der Waals surface area contributed by atoms with Crippen LogP contribution in [-0.2, 0) is 15.1 Å². The van der Waals surface area contributed by atoms with Gasteiger partial charge in [0.2, 0.25) is 11.8 Å². The lowest BCUT2D eigenvalue weighted by Gasteiger charge is -2.29. The minimum absolute atomic E-state index is 0.259. The molecule has 31 heavy (non-hydrogen) atoms. The molecule has 164 valence electrons. The number of methoxy groups -OCH3 is 2. The van der Waals surface area contributed by atoms with Crippen LogP contribution in [0, 0.1) is 5.92 Å². The van der Waals surface area contributed by atoms with Crippen molar-refractivity contribution in [3.63, 3.8) is 0 Å². The second-order valence-electron chi connectivity index (χ2n) is 7.76. The fourth-order valence-electron chi connectivity index (χ4n) is 4.44. The summed E-state index contributed by atoms with van der Waals surface area (Å²) in [6.07, 6.45) is -0.508. The maximum atomic E-state index is 13.5. The molecule has 2 aliphatic rings. The van der Waals surface area contributed by atoms with E-state index in [9.17, 15) is 14.7 Å². The molecule has 0 radical (unpaired) electrons. The lowest BCUT2D eigenvalue weighted by molar-refractivity contribution is -0.130. The fraction of sp³-hybridized carbons (Fsp3) is 0.364. The molecule has 2 amide bonds. The zero-order valence-corrected chi connectivity index (χ0v) is 18.1. The third-order valence-corrected chi connectivity index (χ3v) is 6.34. The first-order chi connectivity index (χ1) is 14.8. The van der Waals surface area contributed by atoms with Gasteiger partial charge in [-0.15, -0.1) is 0 Å². The molecule has 4 N–H and O–H groups in total. The maximum absolute atomic E-state index is 13.5. The fourth-order valence-corrected chi connectivity index (χ4v) is 4.66. The van der Waals surface area contributed by atoms with Crippen molar-refractivity contribution in [1.82, 2.24) is 5.32 Å². The molecule has 1 saturated heterocycles. The topological polar surface area (TPSA) is 109 Å². The zero-order valence-electron chi connectivity index (χ0n) is 17.4. The Labute approximate surface area is 184 Å². The lowest BCUT2D eigenvalue weighted by Crippen LogP contribution is -2.53. The quantitative estimate of drug-likeness (QED) is 0.563. The van der Waals surface area contributed by atoms with Crippen molar-refractivity contribution in [2.75, 3.05) is 24.9 Å². The van der Waals surface area contributed by atoms with Gasteiger partial charge in [-0.2, -0.15) is 0 Å². The highest BCUT2D eigenvalue weighted by Gasteiger charge is 2.61. The van der Waals surface area contributed by atoms with E-state index >= 15 is 0 Å². The van der Waals surface area contributed by atoms with Crippen molar-refractivity contribution >= 4 is 34.8 Å². The summed E-state index contributed by atoms with van der Waals surface area (Å²) in [6, 6.07) is 9.78. The average molecular weight is 446 g/mol. The number of amides is 2. The predicted molar refractivity (Wildman–Crippen MR) is 117 cm³/mol. The molecule has 1 spiro atoms. The van der Waals surface area contributed by atoms with Gasteiger partial charge in [-0.25, -0.2) is 0 Å². The number of ether oxygens (including phenoxy) is 2. The first kappa shape index (κ1) is 21.4. The lowest BCUT2D eigenvalue weighted by atomic mass is 9.79. The molecule has 4 atom stereocenters. The van der Waals surface area contributed by atoms with Crippen LogP contribution in [0.15, 0.2) is 36.4 Å². The van der Waals surface area contributed by atoms with Crippen LogP contribution in [0.25, 0.3) is 0 Å². The number of nitrogens with one attached hydrogen (secondary N) is 3. The summed E-state index contributed by atoms with van der Waals surface area (Å²) < 4.78 is 10.6. The molecule has 0 aromatic heterocycles. The Balaban J connectivity index is 1.76. The number of anilines is 2. The molecule has 2 aliphatic heterocycles. The Morgan fingerprint density at radius 1 is 1.29 bits per heavy atom. The van der Waals surface area contributed by atoms with Gasteiger partial charge in [-0.1, -0.05) is 23.7 Å². The number of halogens is 1. The molecule has 0 aliphatic carbocycles. The number of benzene rings is 2. The van der Waals surface area contributed by atoms with Crippen LogP contribution < -0.4 is 25.4 Å². The first-order valence-electron chi connectivity index (χ1n) is 9.91. The van der Waals surface area contributed by atoms with Gasteiger partial charge in [0.05, 0.1) is 42.6 Å². The summed E-state index contributed by atoms with van der Waals surface area (Å²) in [6.45, 7) is 1.63. The van der Waals surface area contributed by atoms with E-state index in [1.807, 2.05) is 0 Å². The number of para-hydroxylation sites is 1. The number of rotatable bonds is 5. The Bertz CT molecular complexity index is 1040. The molecule has 9 heteroatoms. The van der Waals surface area contributed by atoms with E-state index in [2.05, 4.69) is 16.0 Å². The number of fused-ring (bicyclic) bond motifs is 2. The van der Waals surface area contributed by atoms with Crippen molar-refractivity contribution < 1.29 is 24.2 Å². The van der Waals surface area contributed by atoms with Gasteiger partial charge in [-0.3, -0.25) is 14.9 Å². The summed E-state index contributed by atoms with van der Waals surface area (Å²) >= 11 is 6.30. The molecule has 1 unspecified atom stereocenters. The van der Waals surface area contributed by atoms with E-state index in [-0.39, 0.29) is 18.2 Å². The van der Waals surface area contributed by atoms with Gasteiger partial charge in [0.15, 0.2) is 0 Å². The van der Waals surface area contributed by atoms with Crippen LogP contribution >= 0.6 is 11.6 Å². The average Bonchev–Trinajstić information content (AvgIpc) is 3.29. The van der Waals surface area contributed by atoms with E-state index in [4.69, 9.17) is 21.1 Å². The van der Waals surface area contributed by atoms with E-state index in [0.717, 1.165) is 0 Å². The number of hydrogen-bond acceptors (Lipinski definition) is 6. The molecular formula is C22H24ClN3O5. The SMILES string of the molecule is COc1ccc(OC)c(NC(=O)[C@H]2C[C@H](C(C)O)N[C@]23C(=O)Nc2c(Cl)cccc23)c1. The van der Waals surface area contributed by atoms with Crippen LogP contribution in [0.3, 0.4) is 0 Å². The van der Waals surface area contributed by atoms with Crippen LogP contribution in [0.5, 0.6) is 11.5 Å². The number of aliphatic hydroxyl groups excluding tert-OH is 1. The van der Waals surface area contributed by atoms with Gasteiger partial charge in [-0.05, 0) is 31.5 Å². The number of carbonyl (C=O) groups is 2. The smallest absolute Gasteiger partial charge is 0.250 e. The van der Waals surface area contributed by atoms with Gasteiger partial charge < -0.3 is 25.2 Å². The van der Waals surface area contributed by atoms with Crippen LogP contribution in [-0.4, -0.2) is 43.3 Å². The van der Waals surface area contributed by atoms with E-state index in [1.165, 1.54) is 14.2 Å². The van der Waals surface area contributed by atoms with Gasteiger partial charge in [0, 0.05) is 17.7 Å². The Hall–Kier alpha value is -2.81. The Morgan fingerprint density at radius 2 is 2.06 bits per heavy atom. The molecule has 2 aromatic rings. The van der Waals surface area contributed by atoms with Crippen molar-refractivity contribution in [3.8, 4) is 11.5 Å². The monoisotopic (exact) mass is 445 g/mol. The van der Waals surface area contributed by atoms with Crippen LogP contribution in [0.4, 0.5) is 11.4 Å². The highest BCUT2D eigenvalue weighted by atomic mass is 35.5. The normalized spacial score (nSPS) is 25.1. The Kier molecular flexibility index (Phi) is 5.55. The standard InChI is InChI=1S/C22H24ClN3O5/c1-11(27)16-10-14(20(28)24-17-9-12(30-2)7-8-18(17)31-3)22(26-16)13-5-4-6-15(23)19(13)25-21(22)29/h4-9,11,14,16,26-27H,10H2,1-3H3,(H,24,28)(H,25,29)/t11?,14-,16-,22+/m1/s1. The van der Waals surface area contributed by atoms with E-state index in [0.29, 0.717) is 33.5 Å². The van der Waals surface area contributed by atoms with Gasteiger partial charge >= 0.3 is 0 Å². The van der Waals surface area contributed by atoms with Gasteiger partial charge in [0.25, 0.3) is 0 Å². The van der Waals surface area contributed by atoms with Crippen molar-refractivity contribution in [2.45, 2.75) is 31.0 Å². The van der Waals surface area contributed by atoms with Crippen LogP contribution in [0.2, 0.25) is 5.02 Å². The van der Waals surface area contributed by atoms with E-state index < -0.39 is 23.6 Å². The van der Waals surface area contributed by atoms with Crippen LogP contribution in [0.1, 0.15) is 18.9 Å². The summed E-state index contributed by atoms with van der Waals surface area (Å²) in [5, 5.41) is 19.5. The molecule has 4 rings (SSSR count). The number of hydrogen-bond donors (Lipinski definition) is 4. The second kappa shape index (κ2) is 8.03. The molecule has 8 nitrogen and oxygen atoms in total. The highest BCUT2D eigenvalue weighted by Crippen LogP contribution is 2.49. The summed E-state index contributed by atoms with van der Waals surface area (Å²) in [5.74, 6) is -0.557. The maximum Gasteiger partial charge on any atom is 0.250 e. The molecule has 1 fully saturated rings.